The summed E-state index contributed by atoms with van der Waals surface area (Å²) in [6, 6.07) is -9.25. The molecule has 0 aromatic heterocycles. The van der Waals surface area contributed by atoms with Gasteiger partial charge in [-0.2, -0.15) is 0 Å². The van der Waals surface area contributed by atoms with Crippen molar-refractivity contribution in [2.45, 2.75) is 177 Å². The molecule has 1 fully saturated rings. The van der Waals surface area contributed by atoms with Crippen LogP contribution >= 0.6 is 0 Å². The predicted octanol–water partition coefficient (Wildman–Crippen LogP) is 1.12. The van der Waals surface area contributed by atoms with E-state index in [1.807, 2.05) is 55.4 Å². The second-order valence-electron chi connectivity index (χ2n) is 23.5. The van der Waals surface area contributed by atoms with Crippen molar-refractivity contribution in [3.05, 3.63) is 0 Å². The molecule has 0 aliphatic carbocycles. The van der Waals surface area contributed by atoms with Gasteiger partial charge in [0.15, 0.2) is 0 Å². The summed E-state index contributed by atoms with van der Waals surface area (Å²) in [5, 5.41) is 10.7. The van der Waals surface area contributed by atoms with Crippen LogP contribution in [0.4, 0.5) is 0 Å². The van der Waals surface area contributed by atoms with E-state index in [-0.39, 0.29) is 62.2 Å². The number of nitrogens with zero attached hydrogens (tertiary/aromatic N) is 7. The lowest BCUT2D eigenvalue weighted by Gasteiger charge is -2.38. The molecule has 0 aromatic rings. The highest BCUT2D eigenvalue weighted by Gasteiger charge is 2.41. The minimum absolute atomic E-state index is 0.00218. The van der Waals surface area contributed by atoms with Gasteiger partial charge in [0.25, 0.3) is 0 Å². The molecule has 4 N–H and O–H groups in total. The molecule has 0 radical (unpaired) electrons. The molecule has 23 nitrogen and oxygen atoms in total. The Hall–Kier alpha value is -6.16. The van der Waals surface area contributed by atoms with Crippen molar-refractivity contribution >= 4 is 71.3 Å². The molecule has 0 saturated carbocycles. The van der Waals surface area contributed by atoms with Gasteiger partial charge in [0.05, 0.1) is 19.6 Å². The van der Waals surface area contributed by atoms with Crippen LogP contribution in [0.15, 0.2) is 0 Å². The van der Waals surface area contributed by atoms with E-state index in [0.717, 1.165) is 14.7 Å². The quantitative estimate of drug-likeness (QED) is 0.189. The Kier molecular flexibility index (Phi) is 28.7. The minimum atomic E-state index is -1.22. The van der Waals surface area contributed by atoms with Crippen LogP contribution in [0.25, 0.3) is 0 Å². The maximum Gasteiger partial charge on any atom is 0.245 e. The molecule has 1 rings (SSSR count). The summed E-state index contributed by atoms with van der Waals surface area (Å²) in [5.41, 5.74) is 0. The van der Waals surface area contributed by atoms with Gasteiger partial charge in [-0.05, 0) is 81.5 Å². The van der Waals surface area contributed by atoms with Gasteiger partial charge in [0.1, 0.15) is 54.6 Å². The van der Waals surface area contributed by atoms with Crippen LogP contribution in [0.2, 0.25) is 0 Å². The van der Waals surface area contributed by atoms with Crippen molar-refractivity contribution < 1.29 is 57.5 Å². The van der Waals surface area contributed by atoms with E-state index in [4.69, 9.17) is 0 Å². The second-order valence-corrected chi connectivity index (χ2v) is 23.5. The number of hydrogen-bond acceptors (Lipinski definition) is 12. The normalized spacial score (nSPS) is 25.7. The van der Waals surface area contributed by atoms with Gasteiger partial charge in [0.2, 0.25) is 65.0 Å². The summed E-state index contributed by atoms with van der Waals surface area (Å²) in [6.07, 6.45) is 1.43. The number of hydrogen-bond donors (Lipinski definition) is 4. The summed E-state index contributed by atoms with van der Waals surface area (Å²) in [7, 11) is 9.82. The molecule has 1 aliphatic heterocycles. The number of aldehydes is 1. The fourth-order valence-corrected chi connectivity index (χ4v) is 9.17. The van der Waals surface area contributed by atoms with Crippen molar-refractivity contribution in [1.29, 1.82) is 0 Å². The van der Waals surface area contributed by atoms with Gasteiger partial charge in [-0.15, -0.1) is 0 Å². The Labute approximate surface area is 464 Å². The van der Waals surface area contributed by atoms with Crippen molar-refractivity contribution in [3.8, 4) is 0 Å². The van der Waals surface area contributed by atoms with Crippen molar-refractivity contribution in [3.63, 3.8) is 0 Å². The van der Waals surface area contributed by atoms with Crippen molar-refractivity contribution in [2.24, 2.45) is 35.5 Å². The fraction of sp³-hybridized carbons (Fsp3) is 0.782. The highest BCUT2D eigenvalue weighted by Crippen LogP contribution is 2.22. The third kappa shape index (κ3) is 20.9. The Morgan fingerprint density at radius 2 is 0.808 bits per heavy atom. The number of likely N-dealkylation sites (N-methyl/N-ethyl adjacent to an activating group) is 7. The third-order valence-corrected chi connectivity index (χ3v) is 14.2. The van der Waals surface area contributed by atoms with Gasteiger partial charge in [0, 0.05) is 55.8 Å². The average molecular weight is 1100 g/mol. The van der Waals surface area contributed by atoms with E-state index in [0.29, 0.717) is 6.29 Å². The largest absolute Gasteiger partial charge is 0.345 e. The maximum atomic E-state index is 14.6. The zero-order valence-electron chi connectivity index (χ0n) is 50.6. The molecule has 2 unspecified atom stereocenters. The first-order chi connectivity index (χ1) is 36.0. The van der Waals surface area contributed by atoms with Gasteiger partial charge in [-0.3, -0.25) is 52.7 Å². The SMILES string of the molecule is CC(C)C[C@H]1C(=O)NC(C(C)C)C(=O)N(C)[C@@H](CC(C)C)C(=O)N[C@@H](C)C(=O)N[C@H](C)C(=O)N(C)[C@@H](CC(C)C)C(=O)N(C)[C@@H](CC(C)C)C(=O)N(C)CC(=O)N(C)C(C[C@H](C)CC=O)C(=O)NCC(=O)N(C)CC(=O)N1C. The lowest BCUT2D eigenvalue weighted by Crippen LogP contribution is -2.60. The molecule has 1 heterocycles. The maximum absolute atomic E-state index is 14.6. The van der Waals surface area contributed by atoms with E-state index >= 15 is 0 Å². The van der Waals surface area contributed by atoms with Crippen molar-refractivity contribution in [1.82, 2.24) is 55.6 Å². The van der Waals surface area contributed by atoms with Crippen LogP contribution in [0.1, 0.15) is 129 Å². The topological polar surface area (TPSA) is 276 Å². The second kappa shape index (κ2) is 32.0. The monoisotopic (exact) mass is 1100 g/mol. The molecule has 11 amide bonds. The Balaban J connectivity index is 4.02. The molecule has 1 saturated heterocycles. The van der Waals surface area contributed by atoms with Crippen molar-refractivity contribution in [2.75, 3.05) is 69.0 Å². The van der Waals surface area contributed by atoms with E-state index in [1.165, 1.54) is 82.8 Å². The molecule has 1 aliphatic rings. The summed E-state index contributed by atoms with van der Waals surface area (Å²) >= 11 is 0. The van der Waals surface area contributed by atoms with E-state index in [2.05, 4.69) is 21.3 Å². The van der Waals surface area contributed by atoms with Gasteiger partial charge < -0.3 is 60.4 Å². The Morgan fingerprint density at radius 3 is 1.27 bits per heavy atom. The standard InChI is InChI=1S/C55H97N11O12/c1-31(2)23-39-51(74)59-47(35(9)10)55(78)64(18)40(24-32(3)4)50(73)57-37(12)48(71)58-38(13)52(75)65(19)43(26-34(7)8)54(77)66(20)42(25-33(5)6)53(76)61(15)30-46(70)63(17)41(27-36(11)21-22-67)49(72)56-28-44(68)60(14)29-45(69)62(39)16/h22,31-43,47H,21,23-30H2,1-20H3,(H,56,72)(H,57,73)(H,58,71)(H,59,74)/t36-,37+,38-,39+,40+,41?,42+,43+,47?/m1/s1. The first kappa shape index (κ1) is 69.9. The minimum Gasteiger partial charge on any atom is -0.345 e. The average Bonchev–Trinajstić information content (AvgIpc) is 3.35. The van der Waals surface area contributed by atoms with E-state index in [9.17, 15) is 57.5 Å². The fourth-order valence-electron chi connectivity index (χ4n) is 9.17. The Morgan fingerprint density at radius 1 is 0.423 bits per heavy atom. The smallest absolute Gasteiger partial charge is 0.245 e. The van der Waals surface area contributed by atoms with Gasteiger partial charge in [-0.25, -0.2) is 0 Å². The molecular weight excluding hydrogens is 1010 g/mol. The molecule has 78 heavy (non-hydrogen) atoms. The predicted molar refractivity (Wildman–Crippen MR) is 295 cm³/mol. The van der Waals surface area contributed by atoms with Gasteiger partial charge in [-0.1, -0.05) is 76.2 Å². The lowest BCUT2D eigenvalue weighted by atomic mass is 9.97. The lowest BCUT2D eigenvalue weighted by molar-refractivity contribution is -0.152. The zero-order chi connectivity index (χ0) is 60.4. The molecule has 23 heteroatoms. The van der Waals surface area contributed by atoms with Gasteiger partial charge >= 0.3 is 0 Å². The number of rotatable bonds is 13. The first-order valence-electron chi connectivity index (χ1n) is 27.4. The molecule has 0 spiro atoms. The van der Waals surface area contributed by atoms with Crippen LogP contribution < -0.4 is 21.3 Å². The number of amides is 11. The summed E-state index contributed by atoms with van der Waals surface area (Å²) < 4.78 is 0. The molecule has 9 atom stereocenters. The summed E-state index contributed by atoms with van der Waals surface area (Å²) in [4.78, 5) is 175. The van der Waals surface area contributed by atoms with E-state index in [1.54, 1.807) is 20.8 Å². The highest BCUT2D eigenvalue weighted by atomic mass is 16.2. The van der Waals surface area contributed by atoms with Crippen LogP contribution in [0.5, 0.6) is 0 Å². The van der Waals surface area contributed by atoms with E-state index < -0.39 is 145 Å². The van der Waals surface area contributed by atoms with Crippen LogP contribution in [0.3, 0.4) is 0 Å². The number of carbonyl (C=O) groups is 12. The zero-order valence-corrected chi connectivity index (χ0v) is 50.6. The molecule has 0 aromatic carbocycles. The number of nitrogens with one attached hydrogen (secondary N) is 4. The highest BCUT2D eigenvalue weighted by molar-refractivity contribution is 5.98. The summed E-state index contributed by atoms with van der Waals surface area (Å²) in [6.45, 7) is 21.3. The van der Waals surface area contributed by atoms with Crippen LogP contribution in [-0.4, -0.2) is 223 Å². The van der Waals surface area contributed by atoms with Crippen LogP contribution in [-0.2, 0) is 57.5 Å². The molecule has 444 valence electrons. The molecular formula is C55H97N11O12. The number of carbonyl (C=O) groups excluding carboxylic acids is 12. The molecule has 0 bridgehead atoms. The third-order valence-electron chi connectivity index (χ3n) is 14.2. The summed E-state index contributed by atoms with van der Waals surface area (Å²) in [5.74, 6) is -8.58. The van der Waals surface area contributed by atoms with Crippen LogP contribution in [0, 0.1) is 35.5 Å². The first-order valence-corrected chi connectivity index (χ1v) is 27.4. The Bertz CT molecular complexity index is 2120.